The van der Waals surface area contributed by atoms with E-state index in [4.69, 9.17) is 11.6 Å². The van der Waals surface area contributed by atoms with E-state index in [1.165, 1.54) is 14.0 Å². The highest BCUT2D eigenvalue weighted by atomic mass is 35.5. The van der Waals surface area contributed by atoms with Gasteiger partial charge in [0.05, 0.1) is 0 Å². The van der Waals surface area contributed by atoms with Gasteiger partial charge in [-0.2, -0.15) is 0 Å². The number of urea groups is 1. The summed E-state index contributed by atoms with van der Waals surface area (Å²) in [5, 5.41) is 3.91. The molecule has 7 heteroatoms. The van der Waals surface area contributed by atoms with E-state index >= 15 is 0 Å². The predicted molar refractivity (Wildman–Crippen MR) is 64.8 cm³/mol. The first kappa shape index (κ1) is 15.7. The summed E-state index contributed by atoms with van der Waals surface area (Å²) in [7, 11) is 1.42. The predicted octanol–water partition coefficient (Wildman–Crippen LogP) is 0.306. The Morgan fingerprint density at radius 3 is 2.18 bits per heavy atom. The van der Waals surface area contributed by atoms with Crippen LogP contribution in [-0.2, 0) is 9.59 Å². The Morgan fingerprint density at radius 1 is 1.24 bits per heavy atom. The van der Waals surface area contributed by atoms with Gasteiger partial charge in [0.25, 0.3) is 0 Å². The van der Waals surface area contributed by atoms with E-state index in [2.05, 4.69) is 10.6 Å². The number of nitrogens with zero attached hydrogens (tertiary/aromatic N) is 1. The maximum absolute atomic E-state index is 11.4. The minimum atomic E-state index is -0.795. The van der Waals surface area contributed by atoms with Gasteiger partial charge in [-0.25, -0.2) is 4.79 Å². The molecule has 0 rings (SSSR count). The molecule has 2 N–H and O–H groups in total. The van der Waals surface area contributed by atoms with Crippen LogP contribution in [0.3, 0.4) is 0 Å². The minimum Gasteiger partial charge on any atom is -0.352 e. The highest BCUT2D eigenvalue weighted by Crippen LogP contribution is 1.93. The van der Waals surface area contributed by atoms with Gasteiger partial charge in [0.2, 0.25) is 11.8 Å². The molecule has 0 spiro atoms. The fourth-order valence-corrected chi connectivity index (χ4v) is 1.01. The van der Waals surface area contributed by atoms with E-state index < -0.39 is 17.3 Å². The molecule has 0 heterocycles. The van der Waals surface area contributed by atoms with Crippen molar-refractivity contribution in [2.75, 3.05) is 13.6 Å². The number of amides is 4. The maximum Gasteiger partial charge on any atom is 0.324 e. The Morgan fingerprint density at radius 2 is 1.76 bits per heavy atom. The summed E-state index contributed by atoms with van der Waals surface area (Å²) in [6.45, 7) is 4.97. The number of hydrogen-bond donors (Lipinski definition) is 2. The zero-order valence-corrected chi connectivity index (χ0v) is 11.2. The van der Waals surface area contributed by atoms with E-state index in [0.29, 0.717) is 0 Å². The number of likely N-dealkylation sites (N-methyl/N-ethyl adjacent to an activating group) is 1. The zero-order chi connectivity index (χ0) is 13.6. The molecule has 6 nitrogen and oxygen atoms in total. The van der Waals surface area contributed by atoms with Crippen LogP contribution in [0.2, 0.25) is 0 Å². The van der Waals surface area contributed by atoms with Crippen LogP contribution in [0.5, 0.6) is 0 Å². The molecule has 0 radical (unpaired) electrons. The SMILES string of the molecule is CC(C)NC(=O)CN(C)C(=O)NC(=O)C(C)Cl. The molecule has 17 heavy (non-hydrogen) atoms. The molecular formula is C10H18ClN3O3. The molecule has 0 aromatic rings. The first-order chi connectivity index (χ1) is 7.73. The smallest absolute Gasteiger partial charge is 0.324 e. The van der Waals surface area contributed by atoms with Crippen molar-refractivity contribution in [3.05, 3.63) is 0 Å². The molecule has 0 saturated heterocycles. The zero-order valence-electron chi connectivity index (χ0n) is 10.4. The van der Waals surface area contributed by atoms with Crippen LogP contribution in [-0.4, -0.2) is 47.8 Å². The largest absolute Gasteiger partial charge is 0.352 e. The molecular weight excluding hydrogens is 246 g/mol. The van der Waals surface area contributed by atoms with Gasteiger partial charge in [-0.1, -0.05) is 0 Å². The Balaban J connectivity index is 4.14. The van der Waals surface area contributed by atoms with Crippen LogP contribution in [0.4, 0.5) is 4.79 Å². The second kappa shape index (κ2) is 7.11. The Kier molecular flexibility index (Phi) is 6.57. The number of carbonyl (C=O) groups excluding carboxylic acids is 3. The third kappa shape index (κ3) is 6.78. The number of alkyl halides is 1. The third-order valence-corrected chi connectivity index (χ3v) is 1.97. The Bertz CT molecular complexity index is 305. The van der Waals surface area contributed by atoms with Gasteiger partial charge in [-0.05, 0) is 20.8 Å². The molecule has 0 fully saturated rings. The summed E-state index contributed by atoms with van der Waals surface area (Å²) in [4.78, 5) is 35.0. The van der Waals surface area contributed by atoms with Crippen LogP contribution < -0.4 is 10.6 Å². The maximum atomic E-state index is 11.4. The standard InChI is InChI=1S/C10H18ClN3O3/c1-6(2)12-8(15)5-14(4)10(17)13-9(16)7(3)11/h6-7H,5H2,1-4H3,(H,12,15)(H,13,16,17). The fraction of sp³-hybridized carbons (Fsp3) is 0.700. The van der Waals surface area contributed by atoms with Crippen molar-refractivity contribution in [1.29, 1.82) is 0 Å². The van der Waals surface area contributed by atoms with E-state index in [1.54, 1.807) is 0 Å². The Labute approximate surface area is 106 Å². The lowest BCUT2D eigenvalue weighted by Crippen LogP contribution is -2.47. The monoisotopic (exact) mass is 263 g/mol. The summed E-state index contributed by atoms with van der Waals surface area (Å²) < 4.78 is 0. The molecule has 0 bridgehead atoms. The first-order valence-electron chi connectivity index (χ1n) is 5.23. The van der Waals surface area contributed by atoms with E-state index in [0.717, 1.165) is 4.90 Å². The molecule has 1 atom stereocenters. The summed E-state index contributed by atoms with van der Waals surface area (Å²) >= 11 is 5.49. The molecule has 98 valence electrons. The molecule has 0 aromatic carbocycles. The number of imide groups is 1. The number of rotatable bonds is 4. The quantitative estimate of drug-likeness (QED) is 0.717. The number of halogens is 1. The van der Waals surface area contributed by atoms with Crippen molar-refractivity contribution in [1.82, 2.24) is 15.5 Å². The lowest BCUT2D eigenvalue weighted by atomic mass is 10.4. The van der Waals surface area contributed by atoms with E-state index in [1.807, 2.05) is 13.8 Å². The highest BCUT2D eigenvalue weighted by Gasteiger charge is 2.18. The summed E-state index contributed by atoms with van der Waals surface area (Å²) in [5.41, 5.74) is 0. The van der Waals surface area contributed by atoms with Crippen LogP contribution in [0.1, 0.15) is 20.8 Å². The van der Waals surface area contributed by atoms with Crippen LogP contribution >= 0.6 is 11.6 Å². The minimum absolute atomic E-state index is 0.00320. The molecule has 0 aromatic heterocycles. The third-order valence-electron chi connectivity index (χ3n) is 1.77. The van der Waals surface area contributed by atoms with Crippen LogP contribution in [0.25, 0.3) is 0 Å². The lowest BCUT2D eigenvalue weighted by Gasteiger charge is -2.18. The summed E-state index contributed by atoms with van der Waals surface area (Å²) in [5.74, 6) is -0.878. The van der Waals surface area contributed by atoms with Gasteiger partial charge in [0.1, 0.15) is 11.9 Å². The van der Waals surface area contributed by atoms with Gasteiger partial charge in [0, 0.05) is 13.1 Å². The van der Waals surface area contributed by atoms with Crippen molar-refractivity contribution in [3.63, 3.8) is 0 Å². The molecule has 4 amide bonds. The second-order valence-corrected chi connectivity index (χ2v) is 4.64. The van der Waals surface area contributed by atoms with Gasteiger partial charge in [-0.3, -0.25) is 14.9 Å². The molecule has 0 aliphatic carbocycles. The Hall–Kier alpha value is -1.30. The first-order valence-corrected chi connectivity index (χ1v) is 5.67. The van der Waals surface area contributed by atoms with Gasteiger partial charge in [0.15, 0.2) is 0 Å². The highest BCUT2D eigenvalue weighted by molar-refractivity contribution is 6.31. The molecule has 0 saturated carbocycles. The average molecular weight is 264 g/mol. The average Bonchev–Trinajstić information content (AvgIpc) is 2.15. The second-order valence-electron chi connectivity index (χ2n) is 3.99. The van der Waals surface area contributed by atoms with Crippen molar-refractivity contribution in [2.45, 2.75) is 32.2 Å². The summed E-state index contributed by atoms with van der Waals surface area (Å²) in [6.07, 6.45) is 0. The van der Waals surface area contributed by atoms with Gasteiger partial charge < -0.3 is 10.2 Å². The van der Waals surface area contributed by atoms with Crippen molar-refractivity contribution < 1.29 is 14.4 Å². The normalized spacial score (nSPS) is 11.9. The van der Waals surface area contributed by atoms with Gasteiger partial charge >= 0.3 is 6.03 Å². The van der Waals surface area contributed by atoms with E-state index in [-0.39, 0.29) is 18.5 Å². The summed E-state index contributed by atoms with van der Waals surface area (Å²) in [6, 6.07) is -0.648. The molecule has 0 aliphatic heterocycles. The van der Waals surface area contributed by atoms with Crippen molar-refractivity contribution >= 4 is 29.4 Å². The van der Waals surface area contributed by atoms with Crippen molar-refractivity contribution in [3.8, 4) is 0 Å². The molecule has 0 aliphatic rings. The molecule has 1 unspecified atom stereocenters. The topological polar surface area (TPSA) is 78.5 Å². The van der Waals surface area contributed by atoms with Gasteiger partial charge in [-0.15, -0.1) is 11.6 Å². The number of hydrogen-bond acceptors (Lipinski definition) is 3. The van der Waals surface area contributed by atoms with Crippen molar-refractivity contribution in [2.24, 2.45) is 0 Å². The van der Waals surface area contributed by atoms with Crippen LogP contribution in [0, 0.1) is 0 Å². The van der Waals surface area contributed by atoms with Crippen LogP contribution in [0.15, 0.2) is 0 Å². The lowest BCUT2D eigenvalue weighted by molar-refractivity contribution is -0.123. The number of nitrogens with one attached hydrogen (secondary N) is 2. The fourth-order valence-electron chi connectivity index (χ4n) is 0.955. The number of carbonyl (C=O) groups is 3. The van der Waals surface area contributed by atoms with E-state index in [9.17, 15) is 14.4 Å².